The van der Waals surface area contributed by atoms with Gasteiger partial charge in [-0.15, -0.1) is 0 Å². The second-order valence-corrected chi connectivity index (χ2v) is 6.48. The van der Waals surface area contributed by atoms with Gasteiger partial charge < -0.3 is 15.2 Å². The summed E-state index contributed by atoms with van der Waals surface area (Å²) in [6.07, 6.45) is 1.13. The summed E-state index contributed by atoms with van der Waals surface area (Å²) in [7, 11) is 0. The van der Waals surface area contributed by atoms with Crippen LogP contribution < -0.4 is 5.73 Å². The van der Waals surface area contributed by atoms with E-state index in [-0.39, 0.29) is 17.4 Å². The van der Waals surface area contributed by atoms with Gasteiger partial charge in [0.1, 0.15) is 0 Å². The third-order valence-electron chi connectivity index (χ3n) is 3.87. The zero-order valence-electron chi connectivity index (χ0n) is 13.1. The van der Waals surface area contributed by atoms with Crippen molar-refractivity contribution in [3.05, 3.63) is 34.9 Å². The highest BCUT2D eigenvalue weighted by atomic mass is 16.5. The molecule has 0 amide bonds. The number of esters is 1. The predicted molar refractivity (Wildman–Crippen MR) is 81.5 cm³/mol. The molecule has 1 aliphatic rings. The molecule has 4 nitrogen and oxygen atoms in total. The molecule has 0 saturated heterocycles. The molecule has 2 N–H and O–H groups in total. The van der Waals surface area contributed by atoms with Gasteiger partial charge >= 0.3 is 5.97 Å². The maximum absolute atomic E-state index is 11.7. The monoisotopic (exact) mass is 291 g/mol. The van der Waals surface area contributed by atoms with E-state index in [1.54, 1.807) is 0 Å². The Morgan fingerprint density at radius 1 is 1.38 bits per heavy atom. The molecule has 1 heterocycles. The van der Waals surface area contributed by atoms with Crippen LogP contribution in [0.4, 0.5) is 0 Å². The quantitative estimate of drug-likeness (QED) is 0.818. The van der Waals surface area contributed by atoms with Crippen LogP contribution in [0.5, 0.6) is 0 Å². The summed E-state index contributed by atoms with van der Waals surface area (Å²) in [6, 6.07) is 6.21. The minimum Gasteiger partial charge on any atom is -0.466 e. The number of carbonyl (C=O) groups is 1. The standard InChI is InChI=1S/C17H25NO3/c1-4-21-16(19)9-17(2,3)8-15(18)12-5-6-13-10-20-11-14(13)7-12/h5-7,15H,4,8-11,18H2,1-3H3. The number of ether oxygens (including phenoxy) is 2. The van der Waals surface area contributed by atoms with Crippen LogP contribution in [0.3, 0.4) is 0 Å². The summed E-state index contributed by atoms with van der Waals surface area (Å²) in [5.74, 6) is -0.156. The molecule has 0 spiro atoms. The van der Waals surface area contributed by atoms with Crippen LogP contribution in [0.2, 0.25) is 0 Å². The van der Waals surface area contributed by atoms with Gasteiger partial charge in [-0.05, 0) is 35.4 Å². The van der Waals surface area contributed by atoms with Gasteiger partial charge in [-0.25, -0.2) is 0 Å². The zero-order chi connectivity index (χ0) is 15.5. The van der Waals surface area contributed by atoms with E-state index in [1.807, 2.05) is 6.92 Å². The molecule has 1 aliphatic heterocycles. The number of fused-ring (bicyclic) bond motifs is 1. The van der Waals surface area contributed by atoms with Gasteiger partial charge in [-0.1, -0.05) is 32.0 Å². The second-order valence-electron chi connectivity index (χ2n) is 6.48. The molecule has 1 unspecified atom stereocenters. The van der Waals surface area contributed by atoms with Crippen LogP contribution in [0.25, 0.3) is 0 Å². The average Bonchev–Trinajstić information content (AvgIpc) is 2.84. The largest absolute Gasteiger partial charge is 0.466 e. The molecule has 1 aromatic carbocycles. The van der Waals surface area contributed by atoms with Gasteiger partial charge in [0.15, 0.2) is 0 Å². The Kier molecular flexibility index (Phi) is 5.01. The Morgan fingerprint density at radius 2 is 2.10 bits per heavy atom. The Hall–Kier alpha value is -1.39. The van der Waals surface area contributed by atoms with Gasteiger partial charge in [-0.2, -0.15) is 0 Å². The van der Waals surface area contributed by atoms with Gasteiger partial charge in [0.05, 0.1) is 26.2 Å². The molecule has 1 aromatic rings. The summed E-state index contributed by atoms with van der Waals surface area (Å²) in [5.41, 5.74) is 9.74. The highest BCUT2D eigenvalue weighted by molar-refractivity contribution is 5.70. The molecular weight excluding hydrogens is 266 g/mol. The molecule has 116 valence electrons. The van der Waals surface area contributed by atoms with Crippen molar-refractivity contribution in [2.75, 3.05) is 6.61 Å². The normalized spacial score (nSPS) is 15.6. The average molecular weight is 291 g/mol. The lowest BCUT2D eigenvalue weighted by molar-refractivity contribution is -0.145. The molecule has 0 saturated carbocycles. The number of carbonyl (C=O) groups excluding carboxylic acids is 1. The molecule has 0 bridgehead atoms. The van der Waals surface area contributed by atoms with Crippen molar-refractivity contribution in [3.8, 4) is 0 Å². The molecule has 4 heteroatoms. The lowest BCUT2D eigenvalue weighted by Gasteiger charge is -2.27. The molecule has 0 radical (unpaired) electrons. The van der Waals surface area contributed by atoms with E-state index in [9.17, 15) is 4.79 Å². The van der Waals surface area contributed by atoms with Gasteiger partial charge in [-0.3, -0.25) is 4.79 Å². The number of nitrogens with two attached hydrogens (primary N) is 1. The number of rotatable bonds is 6. The van der Waals surface area contributed by atoms with Crippen LogP contribution in [-0.4, -0.2) is 12.6 Å². The molecule has 0 aromatic heterocycles. The second kappa shape index (κ2) is 6.58. The van der Waals surface area contributed by atoms with Crippen LogP contribution in [-0.2, 0) is 27.5 Å². The summed E-state index contributed by atoms with van der Waals surface area (Å²) < 4.78 is 10.5. The van der Waals surface area contributed by atoms with Crippen LogP contribution in [0.15, 0.2) is 18.2 Å². The molecule has 0 fully saturated rings. The van der Waals surface area contributed by atoms with Crippen LogP contribution in [0.1, 0.15) is 56.3 Å². The smallest absolute Gasteiger partial charge is 0.306 e. The SMILES string of the molecule is CCOC(=O)CC(C)(C)CC(N)c1ccc2c(c1)COC2. The van der Waals surface area contributed by atoms with Crippen LogP contribution >= 0.6 is 0 Å². The first-order valence-electron chi connectivity index (χ1n) is 7.52. The van der Waals surface area contributed by atoms with E-state index >= 15 is 0 Å². The van der Waals surface area contributed by atoms with Crippen molar-refractivity contribution in [2.45, 2.75) is 52.9 Å². The first kappa shape index (κ1) is 16.0. The van der Waals surface area contributed by atoms with E-state index < -0.39 is 0 Å². The maximum Gasteiger partial charge on any atom is 0.306 e. The van der Waals surface area contributed by atoms with E-state index in [4.69, 9.17) is 15.2 Å². The summed E-state index contributed by atoms with van der Waals surface area (Å²) in [5, 5.41) is 0. The first-order valence-corrected chi connectivity index (χ1v) is 7.52. The molecule has 2 rings (SSSR count). The van der Waals surface area contributed by atoms with Gasteiger partial charge in [0, 0.05) is 6.04 Å². The Bertz CT molecular complexity index is 511. The molecular formula is C17H25NO3. The highest BCUT2D eigenvalue weighted by Gasteiger charge is 2.26. The zero-order valence-corrected chi connectivity index (χ0v) is 13.1. The van der Waals surface area contributed by atoms with Crippen molar-refractivity contribution in [3.63, 3.8) is 0 Å². The molecule has 1 atom stereocenters. The first-order chi connectivity index (χ1) is 9.91. The Labute approximate surface area is 126 Å². The van der Waals surface area contributed by atoms with E-state index in [2.05, 4.69) is 32.0 Å². The minimum absolute atomic E-state index is 0.0830. The maximum atomic E-state index is 11.7. The third kappa shape index (κ3) is 4.29. The van der Waals surface area contributed by atoms with E-state index in [1.165, 1.54) is 11.1 Å². The Balaban J connectivity index is 1.99. The van der Waals surface area contributed by atoms with Crippen LogP contribution in [0, 0.1) is 5.41 Å². The van der Waals surface area contributed by atoms with E-state index in [0.717, 1.165) is 12.0 Å². The van der Waals surface area contributed by atoms with Gasteiger partial charge in [0.25, 0.3) is 0 Å². The predicted octanol–water partition coefficient (Wildman–Crippen LogP) is 3.09. The third-order valence-corrected chi connectivity index (χ3v) is 3.87. The van der Waals surface area contributed by atoms with Crippen molar-refractivity contribution in [2.24, 2.45) is 11.1 Å². The van der Waals surface area contributed by atoms with Crippen molar-refractivity contribution >= 4 is 5.97 Å². The number of hydrogen-bond acceptors (Lipinski definition) is 4. The van der Waals surface area contributed by atoms with Crippen molar-refractivity contribution in [1.82, 2.24) is 0 Å². The summed E-state index contributed by atoms with van der Waals surface area (Å²) in [6.45, 7) is 7.72. The minimum atomic E-state index is -0.179. The fourth-order valence-electron chi connectivity index (χ4n) is 2.81. The lowest BCUT2D eigenvalue weighted by Crippen LogP contribution is -2.25. The summed E-state index contributed by atoms with van der Waals surface area (Å²) >= 11 is 0. The lowest BCUT2D eigenvalue weighted by atomic mass is 9.81. The van der Waals surface area contributed by atoms with E-state index in [0.29, 0.717) is 26.2 Å². The van der Waals surface area contributed by atoms with Crippen molar-refractivity contribution in [1.29, 1.82) is 0 Å². The molecule has 21 heavy (non-hydrogen) atoms. The Morgan fingerprint density at radius 3 is 2.81 bits per heavy atom. The fourth-order valence-corrected chi connectivity index (χ4v) is 2.81. The topological polar surface area (TPSA) is 61.5 Å². The van der Waals surface area contributed by atoms with Crippen molar-refractivity contribution < 1.29 is 14.3 Å². The summed E-state index contributed by atoms with van der Waals surface area (Å²) in [4.78, 5) is 11.7. The molecule has 0 aliphatic carbocycles. The highest BCUT2D eigenvalue weighted by Crippen LogP contribution is 2.33. The fraction of sp³-hybridized carbons (Fsp3) is 0.588. The van der Waals surface area contributed by atoms with Gasteiger partial charge in [0.2, 0.25) is 0 Å². The number of benzene rings is 1. The number of hydrogen-bond donors (Lipinski definition) is 1.